The molecule has 3 nitrogen and oxygen atoms in total. The molecule has 0 bridgehead atoms. The van der Waals surface area contributed by atoms with Gasteiger partial charge in [0.25, 0.3) is 0 Å². The second-order valence-corrected chi connectivity index (χ2v) is 5.65. The van der Waals surface area contributed by atoms with Crippen LogP contribution >= 0.6 is 11.3 Å². The molecule has 0 radical (unpaired) electrons. The maximum atomic E-state index is 5.89. The van der Waals surface area contributed by atoms with E-state index in [1.54, 1.807) is 18.4 Å². The Morgan fingerprint density at radius 3 is 2.42 bits per heavy atom. The summed E-state index contributed by atoms with van der Waals surface area (Å²) < 4.78 is 11.0. The van der Waals surface area contributed by atoms with Gasteiger partial charge in [-0.3, -0.25) is 0 Å². The van der Waals surface area contributed by atoms with E-state index in [0.717, 1.165) is 11.3 Å². The van der Waals surface area contributed by atoms with E-state index in [0.29, 0.717) is 13.2 Å². The second kappa shape index (κ2) is 6.70. The topological polar surface area (TPSA) is 44.5 Å². The molecule has 2 rings (SSSR count). The SMILES string of the molecule is COc1ccc(COC(CN)c2ccc(C)s2)cc1. The second-order valence-electron chi connectivity index (χ2n) is 4.33. The number of hydrogen-bond acceptors (Lipinski definition) is 4. The largest absolute Gasteiger partial charge is 0.497 e. The van der Waals surface area contributed by atoms with E-state index in [4.69, 9.17) is 15.2 Å². The number of aryl methyl sites for hydroxylation is 1. The molecule has 1 aromatic carbocycles. The van der Waals surface area contributed by atoms with Crippen molar-refractivity contribution in [2.75, 3.05) is 13.7 Å². The van der Waals surface area contributed by atoms with E-state index in [1.807, 2.05) is 24.3 Å². The van der Waals surface area contributed by atoms with Gasteiger partial charge in [0, 0.05) is 16.3 Å². The van der Waals surface area contributed by atoms with E-state index in [-0.39, 0.29) is 6.10 Å². The molecule has 0 fully saturated rings. The van der Waals surface area contributed by atoms with E-state index in [9.17, 15) is 0 Å². The zero-order valence-corrected chi connectivity index (χ0v) is 12.1. The fourth-order valence-corrected chi connectivity index (χ4v) is 2.75. The first-order chi connectivity index (χ1) is 9.22. The molecular weight excluding hydrogens is 258 g/mol. The van der Waals surface area contributed by atoms with Crippen molar-refractivity contribution in [2.24, 2.45) is 5.73 Å². The molecule has 19 heavy (non-hydrogen) atoms. The first kappa shape index (κ1) is 14.1. The monoisotopic (exact) mass is 277 g/mol. The molecule has 2 N–H and O–H groups in total. The van der Waals surface area contributed by atoms with Crippen molar-refractivity contribution in [2.45, 2.75) is 19.6 Å². The van der Waals surface area contributed by atoms with Crippen molar-refractivity contribution >= 4 is 11.3 Å². The van der Waals surface area contributed by atoms with Crippen LogP contribution in [0.15, 0.2) is 36.4 Å². The van der Waals surface area contributed by atoms with Gasteiger partial charge in [-0.15, -0.1) is 11.3 Å². The Hall–Kier alpha value is -1.36. The Bertz CT molecular complexity index is 507. The fourth-order valence-electron chi connectivity index (χ4n) is 1.81. The number of rotatable bonds is 6. The zero-order chi connectivity index (χ0) is 13.7. The highest BCUT2D eigenvalue weighted by atomic mass is 32.1. The normalized spacial score (nSPS) is 12.4. The van der Waals surface area contributed by atoms with Crippen LogP contribution in [-0.2, 0) is 11.3 Å². The van der Waals surface area contributed by atoms with Crippen LogP contribution in [0.4, 0.5) is 0 Å². The average molecular weight is 277 g/mol. The number of nitrogens with two attached hydrogens (primary N) is 1. The van der Waals surface area contributed by atoms with Crippen LogP contribution in [0.3, 0.4) is 0 Å². The van der Waals surface area contributed by atoms with Crippen molar-refractivity contribution in [1.29, 1.82) is 0 Å². The van der Waals surface area contributed by atoms with Gasteiger partial charge >= 0.3 is 0 Å². The lowest BCUT2D eigenvalue weighted by Crippen LogP contribution is -2.14. The number of hydrogen-bond donors (Lipinski definition) is 1. The van der Waals surface area contributed by atoms with Gasteiger partial charge in [0.15, 0.2) is 0 Å². The highest BCUT2D eigenvalue weighted by Gasteiger charge is 2.12. The molecule has 1 heterocycles. The minimum Gasteiger partial charge on any atom is -0.497 e. The zero-order valence-electron chi connectivity index (χ0n) is 11.3. The molecule has 0 spiro atoms. The van der Waals surface area contributed by atoms with Gasteiger partial charge in [0.1, 0.15) is 11.9 Å². The number of methoxy groups -OCH3 is 1. The Kier molecular flexibility index (Phi) is 4.96. The number of thiophene rings is 1. The van der Waals surface area contributed by atoms with Gasteiger partial charge in [-0.1, -0.05) is 12.1 Å². The number of ether oxygens (including phenoxy) is 2. The lowest BCUT2D eigenvalue weighted by molar-refractivity contribution is 0.0480. The Morgan fingerprint density at radius 2 is 1.89 bits per heavy atom. The lowest BCUT2D eigenvalue weighted by Gasteiger charge is -2.14. The quantitative estimate of drug-likeness (QED) is 0.881. The van der Waals surface area contributed by atoms with Crippen LogP contribution in [0.5, 0.6) is 5.75 Å². The van der Waals surface area contributed by atoms with Gasteiger partial charge in [-0.2, -0.15) is 0 Å². The van der Waals surface area contributed by atoms with Crippen LogP contribution < -0.4 is 10.5 Å². The predicted molar refractivity (Wildman–Crippen MR) is 78.6 cm³/mol. The van der Waals surface area contributed by atoms with Crippen molar-refractivity contribution in [1.82, 2.24) is 0 Å². The summed E-state index contributed by atoms with van der Waals surface area (Å²) in [6.07, 6.45) is -0.0270. The predicted octanol–water partition coefficient (Wildman–Crippen LogP) is 3.28. The Morgan fingerprint density at radius 1 is 1.16 bits per heavy atom. The van der Waals surface area contributed by atoms with Crippen LogP contribution in [0, 0.1) is 6.92 Å². The van der Waals surface area contributed by atoms with Crippen molar-refractivity contribution in [3.63, 3.8) is 0 Å². The minimum absolute atomic E-state index is 0.0270. The molecule has 1 unspecified atom stereocenters. The first-order valence-corrected chi connectivity index (χ1v) is 7.05. The number of benzene rings is 1. The summed E-state index contributed by atoms with van der Waals surface area (Å²) in [7, 11) is 1.66. The van der Waals surface area contributed by atoms with Crippen molar-refractivity contribution in [3.05, 3.63) is 51.7 Å². The van der Waals surface area contributed by atoms with E-state index in [2.05, 4.69) is 19.1 Å². The fraction of sp³-hybridized carbons (Fsp3) is 0.333. The third-order valence-corrected chi connectivity index (χ3v) is 4.00. The average Bonchev–Trinajstić information content (AvgIpc) is 2.87. The third-order valence-electron chi connectivity index (χ3n) is 2.90. The van der Waals surface area contributed by atoms with Crippen LogP contribution in [0.2, 0.25) is 0 Å². The summed E-state index contributed by atoms with van der Waals surface area (Å²) in [4.78, 5) is 2.47. The van der Waals surface area contributed by atoms with Gasteiger partial charge in [-0.05, 0) is 36.8 Å². The molecule has 0 aliphatic rings. The summed E-state index contributed by atoms with van der Waals surface area (Å²) in [5, 5.41) is 0. The van der Waals surface area contributed by atoms with E-state index < -0.39 is 0 Å². The standard InChI is InChI=1S/C15H19NO2S/c1-11-3-8-15(19-11)14(9-16)18-10-12-4-6-13(17-2)7-5-12/h3-8,14H,9-10,16H2,1-2H3. The summed E-state index contributed by atoms with van der Waals surface area (Å²) in [5.41, 5.74) is 6.90. The Labute approximate surface area is 118 Å². The molecule has 0 aliphatic heterocycles. The third kappa shape index (κ3) is 3.80. The molecule has 2 aromatic rings. The molecule has 1 aromatic heterocycles. The smallest absolute Gasteiger partial charge is 0.118 e. The molecule has 0 amide bonds. The van der Waals surface area contributed by atoms with Crippen LogP contribution in [-0.4, -0.2) is 13.7 Å². The molecule has 0 saturated carbocycles. The maximum absolute atomic E-state index is 5.89. The molecule has 0 aliphatic carbocycles. The van der Waals surface area contributed by atoms with Gasteiger partial charge in [-0.25, -0.2) is 0 Å². The first-order valence-electron chi connectivity index (χ1n) is 6.24. The summed E-state index contributed by atoms with van der Waals surface area (Å²) in [5.74, 6) is 0.855. The van der Waals surface area contributed by atoms with Gasteiger partial charge < -0.3 is 15.2 Å². The summed E-state index contributed by atoms with van der Waals surface area (Å²) in [6.45, 7) is 3.14. The minimum atomic E-state index is -0.0270. The van der Waals surface area contributed by atoms with Crippen molar-refractivity contribution < 1.29 is 9.47 Å². The molecule has 1 atom stereocenters. The molecular formula is C15H19NO2S. The molecule has 4 heteroatoms. The Balaban J connectivity index is 1.95. The summed E-state index contributed by atoms with van der Waals surface area (Å²) in [6, 6.07) is 12.1. The maximum Gasteiger partial charge on any atom is 0.118 e. The van der Waals surface area contributed by atoms with Gasteiger partial charge in [0.2, 0.25) is 0 Å². The highest BCUT2D eigenvalue weighted by Crippen LogP contribution is 2.26. The highest BCUT2D eigenvalue weighted by molar-refractivity contribution is 7.12. The van der Waals surface area contributed by atoms with Gasteiger partial charge in [0.05, 0.1) is 13.7 Å². The molecule has 102 valence electrons. The van der Waals surface area contributed by atoms with Crippen molar-refractivity contribution in [3.8, 4) is 5.75 Å². The van der Waals surface area contributed by atoms with Crippen LogP contribution in [0.25, 0.3) is 0 Å². The molecule has 0 saturated heterocycles. The lowest BCUT2D eigenvalue weighted by atomic mass is 10.2. The van der Waals surface area contributed by atoms with E-state index >= 15 is 0 Å². The van der Waals surface area contributed by atoms with Crippen LogP contribution in [0.1, 0.15) is 21.4 Å². The van der Waals surface area contributed by atoms with E-state index in [1.165, 1.54) is 9.75 Å². The summed E-state index contributed by atoms with van der Waals surface area (Å²) >= 11 is 1.74.